The maximum absolute atomic E-state index is 11.7. The molecule has 0 heterocycles. The summed E-state index contributed by atoms with van der Waals surface area (Å²) in [5.74, 6) is -0.875. The lowest BCUT2D eigenvalue weighted by Gasteiger charge is -2.02. The zero-order chi connectivity index (χ0) is 20.9. The molecule has 4 nitrogen and oxygen atoms in total. The second-order valence-corrected chi connectivity index (χ2v) is 7.17. The number of carbonyl (C=O) groups excluding carboxylic acids is 1. The summed E-state index contributed by atoms with van der Waals surface area (Å²) in [7, 11) is 0. The molecule has 1 aromatic carbocycles. The maximum atomic E-state index is 11.7. The molecule has 152 valence electrons. The number of carbonyl (C=O) groups is 1. The van der Waals surface area contributed by atoms with Crippen LogP contribution in [0.1, 0.15) is 58.9 Å². The van der Waals surface area contributed by atoms with Gasteiger partial charge >= 0.3 is 5.97 Å². The molecule has 28 heavy (non-hydrogen) atoms. The Morgan fingerprint density at radius 1 is 0.929 bits per heavy atom. The van der Waals surface area contributed by atoms with Crippen LogP contribution in [0.2, 0.25) is 0 Å². The van der Waals surface area contributed by atoms with E-state index in [0.29, 0.717) is 5.56 Å². The fourth-order valence-corrected chi connectivity index (χ4v) is 2.46. The summed E-state index contributed by atoms with van der Waals surface area (Å²) < 4.78 is 5.16. The molecule has 0 spiro atoms. The fraction of sp³-hybridized carbons (Fsp3) is 0.375. The first-order valence-electron chi connectivity index (χ1n) is 9.59. The van der Waals surface area contributed by atoms with E-state index in [2.05, 4.69) is 32.9 Å². The third-order valence-corrected chi connectivity index (χ3v) is 4.19. The van der Waals surface area contributed by atoms with Crippen molar-refractivity contribution in [3.63, 3.8) is 0 Å². The first-order chi connectivity index (χ1) is 13.3. The van der Waals surface area contributed by atoms with Gasteiger partial charge in [0.25, 0.3) is 0 Å². The van der Waals surface area contributed by atoms with Crippen LogP contribution < -0.4 is 0 Å². The van der Waals surface area contributed by atoms with E-state index >= 15 is 0 Å². The monoisotopic (exact) mass is 384 g/mol. The fourth-order valence-electron chi connectivity index (χ4n) is 2.46. The predicted octanol–water partition coefficient (Wildman–Crippen LogP) is 6.07. The molecule has 2 N–H and O–H groups in total. The smallest absolute Gasteiger partial charge is 0.331 e. The van der Waals surface area contributed by atoms with E-state index in [9.17, 15) is 15.0 Å². The van der Waals surface area contributed by atoms with Crippen LogP contribution in [0.5, 0.6) is 11.5 Å². The van der Waals surface area contributed by atoms with Crippen molar-refractivity contribution in [1.82, 2.24) is 0 Å². The van der Waals surface area contributed by atoms with E-state index in [1.807, 2.05) is 13.0 Å². The molecule has 0 atom stereocenters. The Morgan fingerprint density at radius 3 is 2.21 bits per heavy atom. The summed E-state index contributed by atoms with van der Waals surface area (Å²) in [5, 5.41) is 18.7. The first-order valence-corrected chi connectivity index (χ1v) is 9.59. The van der Waals surface area contributed by atoms with E-state index in [1.54, 1.807) is 6.07 Å². The van der Waals surface area contributed by atoms with Crippen LogP contribution in [0.15, 0.2) is 59.2 Å². The normalized spacial score (nSPS) is 12.3. The Balaban J connectivity index is 2.33. The minimum Gasteiger partial charge on any atom is -0.504 e. The number of phenols is 2. The zero-order valence-electron chi connectivity index (χ0n) is 17.4. The molecule has 0 radical (unpaired) electrons. The molecule has 0 unspecified atom stereocenters. The summed E-state index contributed by atoms with van der Waals surface area (Å²) in [5.41, 5.74) is 4.55. The topological polar surface area (TPSA) is 66.8 Å². The highest BCUT2D eigenvalue weighted by Gasteiger charge is 2.00. The average Bonchev–Trinajstić information content (AvgIpc) is 2.62. The Hall–Kier alpha value is -2.75. The quantitative estimate of drug-likeness (QED) is 0.222. The van der Waals surface area contributed by atoms with Crippen LogP contribution in [0.4, 0.5) is 0 Å². The molecule has 0 aliphatic carbocycles. The summed E-state index contributed by atoms with van der Waals surface area (Å²) in [6.07, 6.45) is 13.4. The Labute approximate surface area is 168 Å². The number of aromatic hydroxyl groups is 2. The molecular weight excluding hydrogens is 352 g/mol. The minimum absolute atomic E-state index is 0.196. The van der Waals surface area contributed by atoms with Crippen molar-refractivity contribution in [2.24, 2.45) is 0 Å². The highest BCUT2D eigenvalue weighted by molar-refractivity contribution is 5.87. The molecule has 0 saturated carbocycles. The van der Waals surface area contributed by atoms with Crippen LogP contribution in [0, 0.1) is 0 Å². The molecule has 0 amide bonds. The molecule has 0 aliphatic rings. The number of ether oxygens (including phenoxy) is 1. The number of benzene rings is 1. The molecule has 0 fully saturated rings. The summed E-state index contributed by atoms with van der Waals surface area (Å²) in [4.78, 5) is 11.7. The third-order valence-electron chi connectivity index (χ3n) is 4.19. The lowest BCUT2D eigenvalue weighted by molar-refractivity contribution is -0.136. The number of allylic oxidation sites excluding steroid dienone is 5. The van der Waals surface area contributed by atoms with E-state index in [1.165, 1.54) is 41.0 Å². The van der Waals surface area contributed by atoms with Crippen molar-refractivity contribution in [2.75, 3.05) is 6.61 Å². The van der Waals surface area contributed by atoms with Gasteiger partial charge in [0.1, 0.15) is 6.61 Å². The zero-order valence-corrected chi connectivity index (χ0v) is 17.4. The predicted molar refractivity (Wildman–Crippen MR) is 115 cm³/mol. The molecular formula is C24H32O4. The van der Waals surface area contributed by atoms with Crippen molar-refractivity contribution in [1.29, 1.82) is 0 Å². The van der Waals surface area contributed by atoms with Gasteiger partial charge in [-0.15, -0.1) is 0 Å². The van der Waals surface area contributed by atoms with Crippen molar-refractivity contribution in [3.8, 4) is 11.5 Å². The van der Waals surface area contributed by atoms with Crippen molar-refractivity contribution < 1.29 is 19.7 Å². The van der Waals surface area contributed by atoms with Crippen LogP contribution in [-0.2, 0) is 9.53 Å². The molecule has 0 saturated heterocycles. The second-order valence-electron chi connectivity index (χ2n) is 7.17. The van der Waals surface area contributed by atoms with Gasteiger partial charge < -0.3 is 14.9 Å². The SMILES string of the molecule is CC(C)=CCCC(C)=CCCC(C)=CCOC(=O)/C=C/c1ccc(O)c(O)c1. The molecule has 4 heteroatoms. The molecule has 0 aromatic heterocycles. The van der Waals surface area contributed by atoms with Crippen LogP contribution >= 0.6 is 0 Å². The third kappa shape index (κ3) is 10.4. The molecule has 0 aliphatic heterocycles. The van der Waals surface area contributed by atoms with E-state index in [0.717, 1.165) is 25.7 Å². The average molecular weight is 385 g/mol. The van der Waals surface area contributed by atoms with Gasteiger partial charge in [-0.3, -0.25) is 0 Å². The second kappa shape index (κ2) is 12.6. The summed E-state index contributed by atoms with van der Waals surface area (Å²) in [6, 6.07) is 4.33. The van der Waals surface area contributed by atoms with E-state index in [-0.39, 0.29) is 18.1 Å². The standard InChI is InChI=1S/C24H32O4/c1-18(2)7-5-8-19(3)9-6-10-20(4)15-16-28-24(27)14-12-21-11-13-22(25)23(26)17-21/h7,9,11-15,17,25-26H,5-6,8,10,16H2,1-4H3/b14-12+,19-9?,20-15?. The molecule has 0 bridgehead atoms. The van der Waals surface area contributed by atoms with E-state index in [4.69, 9.17) is 4.74 Å². The van der Waals surface area contributed by atoms with Crippen molar-refractivity contribution in [2.45, 2.75) is 53.4 Å². The maximum Gasteiger partial charge on any atom is 0.331 e. The number of rotatable bonds is 10. The number of hydrogen-bond donors (Lipinski definition) is 2. The van der Waals surface area contributed by atoms with Gasteiger partial charge in [-0.25, -0.2) is 4.79 Å². The minimum atomic E-state index is -0.452. The van der Waals surface area contributed by atoms with Crippen molar-refractivity contribution >= 4 is 12.0 Å². The van der Waals surface area contributed by atoms with Gasteiger partial charge in [0.05, 0.1) is 0 Å². The first kappa shape index (κ1) is 23.3. The van der Waals surface area contributed by atoms with Gasteiger partial charge in [-0.2, -0.15) is 0 Å². The Bertz CT molecular complexity index is 763. The van der Waals surface area contributed by atoms with Crippen LogP contribution in [-0.4, -0.2) is 22.8 Å². The number of phenolic OH excluding ortho intramolecular Hbond substituents is 2. The van der Waals surface area contributed by atoms with Gasteiger partial charge in [0.2, 0.25) is 0 Å². The highest BCUT2D eigenvalue weighted by Crippen LogP contribution is 2.25. The number of hydrogen-bond acceptors (Lipinski definition) is 4. The Kier molecular flexibility index (Phi) is 10.5. The Morgan fingerprint density at radius 2 is 1.57 bits per heavy atom. The van der Waals surface area contributed by atoms with Crippen LogP contribution in [0.3, 0.4) is 0 Å². The molecule has 1 rings (SSSR count). The summed E-state index contributed by atoms with van der Waals surface area (Å²) in [6.45, 7) is 8.68. The van der Waals surface area contributed by atoms with E-state index < -0.39 is 5.97 Å². The van der Waals surface area contributed by atoms with Gasteiger partial charge in [-0.05, 0) is 83.2 Å². The van der Waals surface area contributed by atoms with Crippen molar-refractivity contribution in [3.05, 3.63) is 64.8 Å². The van der Waals surface area contributed by atoms with Crippen LogP contribution in [0.25, 0.3) is 6.08 Å². The van der Waals surface area contributed by atoms with Gasteiger partial charge in [-0.1, -0.05) is 34.9 Å². The largest absolute Gasteiger partial charge is 0.504 e. The highest BCUT2D eigenvalue weighted by atomic mass is 16.5. The lowest BCUT2D eigenvalue weighted by Crippen LogP contribution is -2.00. The molecule has 1 aromatic rings. The summed E-state index contributed by atoms with van der Waals surface area (Å²) >= 11 is 0. The number of esters is 1. The lowest BCUT2D eigenvalue weighted by atomic mass is 10.1. The van der Waals surface area contributed by atoms with Gasteiger partial charge in [0, 0.05) is 6.08 Å². The van der Waals surface area contributed by atoms with Gasteiger partial charge in [0.15, 0.2) is 11.5 Å².